The molecule has 5 heteroatoms. The smallest absolute Gasteiger partial charge is 0.229 e. The number of ether oxygens (including phenoxy) is 1. The van der Waals surface area contributed by atoms with Gasteiger partial charge in [0.25, 0.3) is 0 Å². The highest BCUT2D eigenvalue weighted by atomic mass is 16.5. The molecule has 3 atom stereocenters. The highest BCUT2D eigenvalue weighted by molar-refractivity contribution is 5.07. The van der Waals surface area contributed by atoms with E-state index >= 15 is 0 Å². The molecule has 0 spiro atoms. The minimum Gasteiger partial charge on any atom is -0.370 e. The number of hydrogen-bond acceptors (Lipinski definition) is 5. The summed E-state index contributed by atoms with van der Waals surface area (Å²) in [7, 11) is 1.77. The molecule has 0 radical (unpaired) electrons. The summed E-state index contributed by atoms with van der Waals surface area (Å²) in [5.74, 6) is 3.11. The molecule has 1 aliphatic carbocycles. The van der Waals surface area contributed by atoms with Crippen molar-refractivity contribution in [3.8, 4) is 0 Å². The first-order valence-electron chi connectivity index (χ1n) is 7.74. The van der Waals surface area contributed by atoms with E-state index in [1.165, 1.54) is 12.8 Å². The third kappa shape index (κ3) is 2.37. The fourth-order valence-corrected chi connectivity index (χ4v) is 3.45. The highest BCUT2D eigenvalue weighted by Gasteiger charge is 2.41. The average molecular weight is 279 g/mol. The predicted octanol–water partition coefficient (Wildman–Crippen LogP) is 2.44. The zero-order valence-electron chi connectivity index (χ0n) is 12.7. The molecule has 1 aliphatic heterocycles. The van der Waals surface area contributed by atoms with Gasteiger partial charge in [-0.1, -0.05) is 25.4 Å². The van der Waals surface area contributed by atoms with Crippen LogP contribution in [0, 0.1) is 11.8 Å². The number of rotatable bonds is 4. The number of nitrogens with one attached hydrogen (secondary N) is 1. The fraction of sp³-hybridized carbons (Fsp3) is 0.867. The molecule has 1 aromatic heterocycles. The third-order valence-electron chi connectivity index (χ3n) is 5.11. The van der Waals surface area contributed by atoms with Crippen LogP contribution in [0.2, 0.25) is 0 Å². The van der Waals surface area contributed by atoms with Gasteiger partial charge in [-0.05, 0) is 44.2 Å². The molecule has 112 valence electrons. The maximum atomic E-state index is 5.83. The summed E-state index contributed by atoms with van der Waals surface area (Å²) in [4.78, 5) is 4.68. The van der Waals surface area contributed by atoms with E-state index in [1.807, 2.05) is 0 Å². The van der Waals surface area contributed by atoms with Crippen LogP contribution in [-0.4, -0.2) is 30.3 Å². The number of aromatic nitrogens is 2. The topological polar surface area (TPSA) is 60.2 Å². The summed E-state index contributed by atoms with van der Waals surface area (Å²) in [6.07, 6.45) is 4.41. The molecular weight excluding hydrogens is 254 g/mol. The molecule has 1 saturated heterocycles. The summed E-state index contributed by atoms with van der Waals surface area (Å²) in [5.41, 5.74) is -0.336. The van der Waals surface area contributed by atoms with Crippen LogP contribution in [0.5, 0.6) is 0 Å². The molecule has 20 heavy (non-hydrogen) atoms. The van der Waals surface area contributed by atoms with Crippen LogP contribution in [-0.2, 0) is 10.3 Å². The van der Waals surface area contributed by atoms with Gasteiger partial charge >= 0.3 is 0 Å². The van der Waals surface area contributed by atoms with Gasteiger partial charge in [-0.3, -0.25) is 0 Å². The predicted molar refractivity (Wildman–Crippen MR) is 75.4 cm³/mol. The maximum absolute atomic E-state index is 5.83. The Bertz CT molecular complexity index is 458. The maximum Gasteiger partial charge on any atom is 0.229 e. The molecule has 3 unspecified atom stereocenters. The summed E-state index contributed by atoms with van der Waals surface area (Å²) >= 11 is 0. The molecule has 0 aromatic carbocycles. The normalized spacial score (nSPS) is 32.9. The van der Waals surface area contributed by atoms with Crippen LogP contribution < -0.4 is 5.32 Å². The molecule has 5 nitrogen and oxygen atoms in total. The van der Waals surface area contributed by atoms with Gasteiger partial charge in [0.15, 0.2) is 0 Å². The molecule has 2 aliphatic rings. The molecule has 2 heterocycles. The van der Waals surface area contributed by atoms with Crippen LogP contribution >= 0.6 is 0 Å². The minimum absolute atomic E-state index is 0.326. The highest BCUT2D eigenvalue weighted by Crippen LogP contribution is 2.41. The molecule has 1 N–H and O–H groups in total. The van der Waals surface area contributed by atoms with Crippen molar-refractivity contribution in [3.05, 3.63) is 11.7 Å². The molecule has 1 saturated carbocycles. The molecule has 2 fully saturated rings. The third-order valence-corrected chi connectivity index (χ3v) is 5.11. The van der Waals surface area contributed by atoms with Crippen molar-refractivity contribution in [2.45, 2.75) is 51.0 Å². The monoisotopic (exact) mass is 279 g/mol. The quantitative estimate of drug-likeness (QED) is 0.917. The molecule has 0 amide bonds. The Balaban J connectivity index is 1.80. The van der Waals surface area contributed by atoms with E-state index < -0.39 is 0 Å². The first kappa shape index (κ1) is 14.0. The second kappa shape index (κ2) is 5.45. The minimum atomic E-state index is -0.336. The summed E-state index contributed by atoms with van der Waals surface area (Å²) in [6.45, 7) is 6.54. The lowest BCUT2D eigenvalue weighted by Gasteiger charge is -2.36. The molecule has 1 aromatic rings. The number of hydrogen-bond donors (Lipinski definition) is 1. The standard InChI is InChI=1S/C15H25N3O2/c1-10-5-4-6-15(7-10,19-3)14-17-13(20-18-14)11(2)12-8-16-9-12/h10-12,16H,4-9H2,1-3H3. The Morgan fingerprint density at radius 2 is 2.25 bits per heavy atom. The number of nitrogens with zero attached hydrogens (tertiary/aromatic N) is 2. The molecule has 0 bridgehead atoms. The fourth-order valence-electron chi connectivity index (χ4n) is 3.45. The lowest BCUT2D eigenvalue weighted by atomic mass is 9.78. The van der Waals surface area contributed by atoms with Gasteiger partial charge in [0, 0.05) is 13.0 Å². The van der Waals surface area contributed by atoms with E-state index in [4.69, 9.17) is 9.26 Å². The van der Waals surface area contributed by atoms with E-state index in [0.717, 1.165) is 37.6 Å². The Kier molecular flexibility index (Phi) is 3.82. The Hall–Kier alpha value is -0.940. The Morgan fingerprint density at radius 1 is 1.45 bits per heavy atom. The largest absolute Gasteiger partial charge is 0.370 e. The molecule has 3 rings (SSSR count). The van der Waals surface area contributed by atoms with Crippen LogP contribution in [0.15, 0.2) is 4.52 Å². The first-order chi connectivity index (χ1) is 9.64. The van der Waals surface area contributed by atoms with Crippen molar-refractivity contribution in [2.75, 3.05) is 20.2 Å². The second-order valence-electron chi connectivity index (χ2n) is 6.56. The summed E-state index contributed by atoms with van der Waals surface area (Å²) in [6, 6.07) is 0. The van der Waals surface area contributed by atoms with Gasteiger partial charge in [-0.2, -0.15) is 4.98 Å². The van der Waals surface area contributed by atoms with Crippen LogP contribution in [0.3, 0.4) is 0 Å². The van der Waals surface area contributed by atoms with Crippen molar-refractivity contribution >= 4 is 0 Å². The zero-order valence-corrected chi connectivity index (χ0v) is 12.7. The van der Waals surface area contributed by atoms with Gasteiger partial charge in [-0.25, -0.2) is 0 Å². The summed E-state index contributed by atoms with van der Waals surface area (Å²) < 4.78 is 11.4. The van der Waals surface area contributed by atoms with E-state index in [9.17, 15) is 0 Å². The first-order valence-corrected chi connectivity index (χ1v) is 7.74. The van der Waals surface area contributed by atoms with Crippen molar-refractivity contribution < 1.29 is 9.26 Å². The van der Waals surface area contributed by atoms with E-state index in [1.54, 1.807) is 7.11 Å². The lowest BCUT2D eigenvalue weighted by Crippen LogP contribution is -2.44. The Morgan fingerprint density at radius 3 is 2.85 bits per heavy atom. The number of methoxy groups -OCH3 is 1. The summed E-state index contributed by atoms with van der Waals surface area (Å²) in [5, 5.41) is 7.54. The zero-order chi connectivity index (χ0) is 14.2. The molecular formula is C15H25N3O2. The van der Waals surface area contributed by atoms with Gasteiger partial charge in [-0.15, -0.1) is 0 Å². The Labute approximate surface area is 120 Å². The van der Waals surface area contributed by atoms with Crippen LogP contribution in [0.1, 0.15) is 57.2 Å². The van der Waals surface area contributed by atoms with E-state index in [0.29, 0.717) is 17.8 Å². The van der Waals surface area contributed by atoms with Gasteiger partial charge in [0.05, 0.1) is 0 Å². The van der Waals surface area contributed by atoms with Crippen molar-refractivity contribution in [1.82, 2.24) is 15.5 Å². The van der Waals surface area contributed by atoms with Crippen LogP contribution in [0.25, 0.3) is 0 Å². The van der Waals surface area contributed by atoms with Crippen molar-refractivity contribution in [3.63, 3.8) is 0 Å². The SMILES string of the molecule is COC1(c2noc(C(C)C3CNC3)n2)CCCC(C)C1. The van der Waals surface area contributed by atoms with Crippen molar-refractivity contribution in [2.24, 2.45) is 11.8 Å². The van der Waals surface area contributed by atoms with Gasteiger partial charge < -0.3 is 14.6 Å². The lowest BCUT2D eigenvalue weighted by molar-refractivity contribution is -0.0658. The second-order valence-corrected chi connectivity index (χ2v) is 6.56. The van der Waals surface area contributed by atoms with E-state index in [2.05, 4.69) is 29.3 Å². The van der Waals surface area contributed by atoms with Crippen LogP contribution in [0.4, 0.5) is 0 Å². The van der Waals surface area contributed by atoms with Gasteiger partial charge in [0.1, 0.15) is 5.60 Å². The van der Waals surface area contributed by atoms with E-state index in [-0.39, 0.29) is 5.60 Å². The average Bonchev–Trinajstić information content (AvgIpc) is 2.86. The van der Waals surface area contributed by atoms with Crippen molar-refractivity contribution in [1.29, 1.82) is 0 Å². The van der Waals surface area contributed by atoms with Gasteiger partial charge in [0.2, 0.25) is 11.7 Å².